The van der Waals surface area contributed by atoms with Crippen LogP contribution < -0.4 is 5.32 Å². The number of hydrogen-bond acceptors (Lipinski definition) is 4. The van der Waals surface area contributed by atoms with E-state index < -0.39 is 0 Å². The highest BCUT2D eigenvalue weighted by molar-refractivity contribution is 5.78. The number of piperazine rings is 1. The Bertz CT molecular complexity index is 467. The molecule has 1 N–H and O–H groups in total. The molecule has 0 radical (unpaired) electrons. The Balaban J connectivity index is 1.34. The van der Waals surface area contributed by atoms with Gasteiger partial charge in [0.05, 0.1) is 6.54 Å². The maximum atomic E-state index is 12.5. The normalized spacial score (nSPS) is 23.9. The number of hydrogen-bond donors (Lipinski definition) is 1. The Kier molecular flexibility index (Phi) is 7.14. The summed E-state index contributed by atoms with van der Waals surface area (Å²) in [6.07, 6.45) is 6.16. The summed E-state index contributed by atoms with van der Waals surface area (Å²) >= 11 is 0. The Hall–Kier alpha value is -1.34. The third-order valence-corrected chi connectivity index (χ3v) is 5.83. The number of nitrogens with one attached hydrogen (secondary N) is 1. The predicted molar refractivity (Wildman–Crippen MR) is 102 cm³/mol. The number of rotatable bonds is 5. The van der Waals surface area contributed by atoms with Crippen molar-refractivity contribution in [3.63, 3.8) is 0 Å². The minimum absolute atomic E-state index is 0.0417. The van der Waals surface area contributed by atoms with Crippen LogP contribution in [0.5, 0.6) is 0 Å². The van der Waals surface area contributed by atoms with E-state index in [2.05, 4.69) is 22.0 Å². The first-order chi connectivity index (χ1) is 12.6. The molecule has 0 bridgehead atoms. The van der Waals surface area contributed by atoms with E-state index in [4.69, 9.17) is 0 Å². The van der Waals surface area contributed by atoms with Crippen molar-refractivity contribution >= 4 is 11.9 Å². The monoisotopic (exact) mass is 365 g/mol. The summed E-state index contributed by atoms with van der Waals surface area (Å²) < 4.78 is 0. The molecule has 3 heterocycles. The van der Waals surface area contributed by atoms with Gasteiger partial charge in [0.15, 0.2) is 0 Å². The molecule has 3 saturated heterocycles. The molecule has 0 saturated carbocycles. The van der Waals surface area contributed by atoms with Gasteiger partial charge in [0, 0.05) is 51.9 Å². The van der Waals surface area contributed by atoms with Gasteiger partial charge >= 0.3 is 6.03 Å². The van der Waals surface area contributed by atoms with Crippen molar-refractivity contribution in [3.05, 3.63) is 0 Å². The molecule has 3 fully saturated rings. The molecule has 26 heavy (non-hydrogen) atoms. The molecule has 0 aromatic carbocycles. The molecule has 1 atom stereocenters. The number of amides is 3. The zero-order valence-electron chi connectivity index (χ0n) is 16.3. The molecule has 1 unspecified atom stereocenters. The van der Waals surface area contributed by atoms with Crippen LogP contribution >= 0.6 is 0 Å². The Morgan fingerprint density at radius 1 is 0.769 bits per heavy atom. The molecule has 3 rings (SSSR count). The maximum Gasteiger partial charge on any atom is 0.317 e. The molecule has 3 aliphatic heterocycles. The quantitative estimate of drug-likeness (QED) is 0.783. The average Bonchev–Trinajstić information content (AvgIpc) is 3.18. The molecule has 148 valence electrons. The minimum Gasteiger partial charge on any atom is -0.342 e. The average molecular weight is 366 g/mol. The van der Waals surface area contributed by atoms with Crippen LogP contribution in [0.1, 0.15) is 39.0 Å². The Labute approximate surface area is 157 Å². The Morgan fingerprint density at radius 2 is 1.38 bits per heavy atom. The van der Waals surface area contributed by atoms with E-state index in [-0.39, 0.29) is 18.0 Å². The lowest BCUT2D eigenvalue weighted by molar-refractivity contribution is -0.131. The van der Waals surface area contributed by atoms with Crippen molar-refractivity contribution in [2.75, 3.05) is 65.4 Å². The van der Waals surface area contributed by atoms with Crippen molar-refractivity contribution in [3.8, 4) is 0 Å². The van der Waals surface area contributed by atoms with Gasteiger partial charge < -0.3 is 20.0 Å². The lowest BCUT2D eigenvalue weighted by atomic mass is 10.1. The van der Waals surface area contributed by atoms with Crippen molar-refractivity contribution in [2.24, 2.45) is 0 Å². The first-order valence-corrected chi connectivity index (χ1v) is 10.4. The molecule has 0 spiro atoms. The first-order valence-electron chi connectivity index (χ1n) is 10.4. The number of piperidine rings is 1. The van der Waals surface area contributed by atoms with Crippen LogP contribution in [0.4, 0.5) is 4.79 Å². The summed E-state index contributed by atoms with van der Waals surface area (Å²) in [5, 5.41) is 3.15. The predicted octanol–water partition coefficient (Wildman–Crippen LogP) is 0.810. The van der Waals surface area contributed by atoms with Crippen molar-refractivity contribution < 1.29 is 9.59 Å². The van der Waals surface area contributed by atoms with Gasteiger partial charge in [-0.1, -0.05) is 6.42 Å². The number of carbonyl (C=O) groups excluding carboxylic acids is 2. The summed E-state index contributed by atoms with van der Waals surface area (Å²) in [6, 6.07) is 0.218. The molecule has 0 aromatic rings. The molecular formula is C19H35N5O2. The van der Waals surface area contributed by atoms with Gasteiger partial charge in [-0.15, -0.1) is 0 Å². The van der Waals surface area contributed by atoms with Gasteiger partial charge in [0.25, 0.3) is 0 Å². The van der Waals surface area contributed by atoms with Gasteiger partial charge in [-0.3, -0.25) is 9.69 Å². The second kappa shape index (κ2) is 9.55. The van der Waals surface area contributed by atoms with Crippen molar-refractivity contribution in [1.29, 1.82) is 0 Å². The van der Waals surface area contributed by atoms with E-state index in [0.29, 0.717) is 19.6 Å². The van der Waals surface area contributed by atoms with Crippen LogP contribution in [0.3, 0.4) is 0 Å². The van der Waals surface area contributed by atoms with Gasteiger partial charge in [-0.25, -0.2) is 4.79 Å². The fraction of sp³-hybridized carbons (Fsp3) is 0.895. The lowest BCUT2D eigenvalue weighted by Gasteiger charge is -2.36. The molecule has 0 aromatic heterocycles. The molecule has 0 aliphatic carbocycles. The highest BCUT2D eigenvalue weighted by Crippen LogP contribution is 2.11. The molecule has 7 nitrogen and oxygen atoms in total. The van der Waals surface area contributed by atoms with Crippen LogP contribution in [-0.2, 0) is 4.79 Å². The summed E-state index contributed by atoms with van der Waals surface area (Å²) in [7, 11) is 0. The van der Waals surface area contributed by atoms with E-state index in [0.717, 1.165) is 58.7 Å². The van der Waals surface area contributed by atoms with Crippen molar-refractivity contribution in [1.82, 2.24) is 24.9 Å². The van der Waals surface area contributed by atoms with Gasteiger partial charge in [-0.2, -0.15) is 0 Å². The van der Waals surface area contributed by atoms with Crippen molar-refractivity contribution in [2.45, 2.75) is 45.1 Å². The molecule has 3 aliphatic rings. The third kappa shape index (κ3) is 5.58. The van der Waals surface area contributed by atoms with Crippen LogP contribution in [-0.4, -0.2) is 103 Å². The number of urea groups is 1. The van der Waals surface area contributed by atoms with Gasteiger partial charge in [0.1, 0.15) is 0 Å². The van der Waals surface area contributed by atoms with Crippen LogP contribution in [0.25, 0.3) is 0 Å². The van der Waals surface area contributed by atoms with E-state index >= 15 is 0 Å². The Morgan fingerprint density at radius 3 is 2.04 bits per heavy atom. The molecule has 3 amide bonds. The summed E-state index contributed by atoms with van der Waals surface area (Å²) in [5.74, 6) is 0.246. The highest BCUT2D eigenvalue weighted by atomic mass is 16.2. The minimum atomic E-state index is 0.0417. The maximum absolute atomic E-state index is 12.5. The molecular weight excluding hydrogens is 330 g/mol. The number of likely N-dealkylation sites (tertiary alicyclic amines) is 2. The van der Waals surface area contributed by atoms with E-state index in [1.807, 2.05) is 9.80 Å². The van der Waals surface area contributed by atoms with Gasteiger partial charge in [-0.05, 0) is 45.7 Å². The number of carbonyl (C=O) groups is 2. The zero-order chi connectivity index (χ0) is 18.4. The second-order valence-electron chi connectivity index (χ2n) is 8.06. The lowest BCUT2D eigenvalue weighted by Crippen LogP contribution is -2.55. The van der Waals surface area contributed by atoms with Crippen LogP contribution in [0.2, 0.25) is 0 Å². The standard InChI is InChI=1S/C19H35N5O2/c1-17(15-21-7-3-2-4-8-21)20-19(26)24-13-11-22(12-14-24)16-18(25)23-9-5-6-10-23/h17H,2-16H2,1H3,(H,20,26). The fourth-order valence-corrected chi connectivity index (χ4v) is 4.24. The molecule has 7 heteroatoms. The van der Waals surface area contributed by atoms with Crippen LogP contribution in [0.15, 0.2) is 0 Å². The zero-order valence-corrected chi connectivity index (χ0v) is 16.3. The summed E-state index contributed by atoms with van der Waals surface area (Å²) in [4.78, 5) is 33.2. The SMILES string of the molecule is CC(CN1CCCCC1)NC(=O)N1CCN(CC(=O)N2CCCC2)CC1. The van der Waals surface area contributed by atoms with E-state index in [9.17, 15) is 9.59 Å². The third-order valence-electron chi connectivity index (χ3n) is 5.83. The summed E-state index contributed by atoms with van der Waals surface area (Å²) in [6.45, 7) is 10.7. The number of nitrogens with zero attached hydrogens (tertiary/aromatic N) is 4. The van der Waals surface area contributed by atoms with E-state index in [1.54, 1.807) is 0 Å². The highest BCUT2D eigenvalue weighted by Gasteiger charge is 2.26. The fourth-order valence-electron chi connectivity index (χ4n) is 4.24. The van der Waals surface area contributed by atoms with E-state index in [1.165, 1.54) is 19.3 Å². The largest absolute Gasteiger partial charge is 0.342 e. The summed E-state index contributed by atoms with van der Waals surface area (Å²) in [5.41, 5.74) is 0. The van der Waals surface area contributed by atoms with Gasteiger partial charge in [0.2, 0.25) is 5.91 Å². The topological polar surface area (TPSA) is 59.1 Å². The van der Waals surface area contributed by atoms with Crippen LogP contribution in [0, 0.1) is 0 Å². The second-order valence-corrected chi connectivity index (χ2v) is 8.06. The first kappa shape index (κ1) is 19.4. The smallest absolute Gasteiger partial charge is 0.317 e.